The van der Waals surface area contributed by atoms with Crippen LogP contribution in [0.1, 0.15) is 13.3 Å². The van der Waals surface area contributed by atoms with Gasteiger partial charge in [-0.1, -0.05) is 24.3 Å². The summed E-state index contributed by atoms with van der Waals surface area (Å²) in [6.07, 6.45) is 0.787. The first-order valence-corrected chi connectivity index (χ1v) is 8.93. The second-order valence-electron chi connectivity index (χ2n) is 5.70. The maximum absolute atomic E-state index is 13.1. The van der Waals surface area contributed by atoms with Gasteiger partial charge in [-0.25, -0.2) is 9.38 Å². The average molecular weight is 372 g/mol. The van der Waals surface area contributed by atoms with E-state index in [9.17, 15) is 9.18 Å². The molecule has 0 aliphatic rings. The smallest absolute Gasteiger partial charge is 0.246 e. The number of nitrogens with zero attached hydrogens (tertiary/aromatic N) is 1. The Labute approximate surface area is 158 Å². The van der Waals surface area contributed by atoms with Crippen molar-refractivity contribution in [3.63, 3.8) is 0 Å². The first-order valence-electron chi connectivity index (χ1n) is 8.93. The van der Waals surface area contributed by atoms with Crippen LogP contribution in [0.15, 0.2) is 59.6 Å². The highest BCUT2D eigenvalue weighted by molar-refractivity contribution is 5.94. The zero-order valence-corrected chi connectivity index (χ0v) is 15.4. The number of amides is 1. The summed E-state index contributed by atoms with van der Waals surface area (Å²) in [6.45, 7) is 3.80. The van der Waals surface area contributed by atoms with E-state index in [1.165, 1.54) is 18.2 Å². The quantitative estimate of drug-likeness (QED) is 0.359. The third kappa shape index (κ3) is 8.22. The molecule has 0 bridgehead atoms. The summed E-state index contributed by atoms with van der Waals surface area (Å²) >= 11 is 0. The Morgan fingerprint density at radius 3 is 2.67 bits per heavy atom. The minimum atomic E-state index is -0.399. The highest BCUT2D eigenvalue weighted by atomic mass is 19.1. The molecule has 3 N–H and O–H groups in total. The number of carbonyl (C=O) groups excluding carboxylic acids is 1. The molecular formula is C20H25FN4O2. The summed E-state index contributed by atoms with van der Waals surface area (Å²) in [5.41, 5.74) is 0.409. The first kappa shape index (κ1) is 20.2. The SMILES string of the molecule is CCNC(=NCC(=O)Nc1cccc(F)c1)NCCCOc1ccccc1. The Hall–Kier alpha value is -3.09. The normalized spacial score (nSPS) is 11.0. The van der Waals surface area contributed by atoms with Crippen molar-refractivity contribution in [2.24, 2.45) is 4.99 Å². The van der Waals surface area contributed by atoms with Gasteiger partial charge in [-0.15, -0.1) is 0 Å². The number of benzene rings is 2. The summed E-state index contributed by atoms with van der Waals surface area (Å²) < 4.78 is 18.8. The van der Waals surface area contributed by atoms with Crippen molar-refractivity contribution < 1.29 is 13.9 Å². The van der Waals surface area contributed by atoms with Gasteiger partial charge >= 0.3 is 0 Å². The van der Waals surface area contributed by atoms with Gasteiger partial charge in [0.05, 0.1) is 6.61 Å². The number of guanidine groups is 1. The van der Waals surface area contributed by atoms with Gasteiger partial charge in [0.2, 0.25) is 5.91 Å². The number of ether oxygens (including phenoxy) is 1. The molecule has 0 heterocycles. The molecule has 0 spiro atoms. The number of halogens is 1. The third-order valence-corrected chi connectivity index (χ3v) is 3.46. The van der Waals surface area contributed by atoms with Crippen LogP contribution >= 0.6 is 0 Å². The van der Waals surface area contributed by atoms with Gasteiger partial charge in [-0.3, -0.25) is 4.79 Å². The maximum atomic E-state index is 13.1. The lowest BCUT2D eigenvalue weighted by atomic mass is 10.3. The molecular weight excluding hydrogens is 347 g/mol. The highest BCUT2D eigenvalue weighted by Gasteiger charge is 2.04. The number of aliphatic imine (C=N–C) groups is 1. The largest absolute Gasteiger partial charge is 0.494 e. The van der Waals surface area contributed by atoms with E-state index in [0.717, 1.165) is 12.2 Å². The molecule has 7 heteroatoms. The lowest BCUT2D eigenvalue weighted by Gasteiger charge is -2.12. The fourth-order valence-corrected chi connectivity index (χ4v) is 2.25. The van der Waals surface area contributed by atoms with Gasteiger partial charge in [0.1, 0.15) is 18.1 Å². The molecule has 0 aliphatic heterocycles. The lowest BCUT2D eigenvalue weighted by molar-refractivity contribution is -0.114. The van der Waals surface area contributed by atoms with E-state index >= 15 is 0 Å². The topological polar surface area (TPSA) is 74.8 Å². The summed E-state index contributed by atoms with van der Waals surface area (Å²) in [5, 5.41) is 8.85. The van der Waals surface area contributed by atoms with Crippen molar-refractivity contribution in [1.82, 2.24) is 10.6 Å². The first-order chi connectivity index (χ1) is 13.2. The van der Waals surface area contributed by atoms with Gasteiger partial charge in [0.25, 0.3) is 0 Å². The Balaban J connectivity index is 1.71. The Kier molecular flexibility index (Phi) is 8.62. The van der Waals surface area contributed by atoms with Crippen molar-refractivity contribution in [2.75, 3.05) is 31.6 Å². The molecule has 0 fully saturated rings. The van der Waals surface area contributed by atoms with E-state index in [0.29, 0.717) is 31.3 Å². The van der Waals surface area contributed by atoms with Crippen molar-refractivity contribution >= 4 is 17.6 Å². The van der Waals surface area contributed by atoms with Crippen LogP contribution in [0.5, 0.6) is 5.75 Å². The zero-order valence-electron chi connectivity index (χ0n) is 15.4. The Morgan fingerprint density at radius 1 is 1.11 bits per heavy atom. The predicted octanol–water partition coefficient (Wildman–Crippen LogP) is 2.79. The molecule has 0 unspecified atom stereocenters. The number of hydrogen-bond acceptors (Lipinski definition) is 3. The molecule has 6 nitrogen and oxygen atoms in total. The second kappa shape index (κ2) is 11.5. The van der Waals surface area contributed by atoms with Gasteiger partial charge in [0, 0.05) is 18.8 Å². The zero-order chi connectivity index (χ0) is 19.3. The van der Waals surface area contributed by atoms with E-state index in [2.05, 4.69) is 20.9 Å². The summed E-state index contributed by atoms with van der Waals surface area (Å²) in [7, 11) is 0. The van der Waals surface area contributed by atoms with Crippen molar-refractivity contribution in [3.05, 3.63) is 60.4 Å². The molecule has 2 aromatic rings. The summed E-state index contributed by atoms with van der Waals surface area (Å²) in [5.74, 6) is 0.674. The van der Waals surface area contributed by atoms with E-state index < -0.39 is 5.82 Å². The number of para-hydroxylation sites is 1. The van der Waals surface area contributed by atoms with Crippen LogP contribution in [0, 0.1) is 5.82 Å². The summed E-state index contributed by atoms with van der Waals surface area (Å²) in [4.78, 5) is 16.2. The number of hydrogen-bond donors (Lipinski definition) is 3. The number of nitrogens with one attached hydrogen (secondary N) is 3. The molecule has 0 aliphatic carbocycles. The summed E-state index contributed by atoms with van der Waals surface area (Å²) in [6, 6.07) is 15.4. The minimum Gasteiger partial charge on any atom is -0.494 e. The van der Waals surface area contributed by atoms with Crippen molar-refractivity contribution in [1.29, 1.82) is 0 Å². The fraction of sp³-hybridized carbons (Fsp3) is 0.300. The molecule has 0 aromatic heterocycles. The molecule has 2 rings (SSSR count). The average Bonchev–Trinajstić information content (AvgIpc) is 2.66. The predicted molar refractivity (Wildman–Crippen MR) is 106 cm³/mol. The van der Waals surface area contributed by atoms with Gasteiger partial charge in [0.15, 0.2) is 5.96 Å². The Bertz CT molecular complexity index is 738. The monoisotopic (exact) mass is 372 g/mol. The van der Waals surface area contributed by atoms with Gasteiger partial charge in [-0.2, -0.15) is 0 Å². The van der Waals surface area contributed by atoms with E-state index in [-0.39, 0.29) is 12.5 Å². The lowest BCUT2D eigenvalue weighted by Crippen LogP contribution is -2.38. The minimum absolute atomic E-state index is 0.0631. The third-order valence-electron chi connectivity index (χ3n) is 3.46. The fourth-order valence-electron chi connectivity index (χ4n) is 2.25. The van der Waals surface area contributed by atoms with Crippen LogP contribution < -0.4 is 20.7 Å². The molecule has 0 saturated carbocycles. The van der Waals surface area contributed by atoms with Crippen molar-refractivity contribution in [2.45, 2.75) is 13.3 Å². The van der Waals surface area contributed by atoms with Gasteiger partial charge < -0.3 is 20.7 Å². The highest BCUT2D eigenvalue weighted by Crippen LogP contribution is 2.09. The molecule has 2 aromatic carbocycles. The van der Waals surface area contributed by atoms with Gasteiger partial charge in [-0.05, 0) is 43.7 Å². The van der Waals surface area contributed by atoms with Crippen LogP contribution in [0.25, 0.3) is 0 Å². The maximum Gasteiger partial charge on any atom is 0.246 e. The second-order valence-corrected chi connectivity index (χ2v) is 5.70. The number of carbonyl (C=O) groups is 1. The van der Waals surface area contributed by atoms with Crippen LogP contribution in [0.2, 0.25) is 0 Å². The van der Waals surface area contributed by atoms with E-state index in [1.54, 1.807) is 6.07 Å². The number of rotatable bonds is 9. The molecule has 27 heavy (non-hydrogen) atoms. The standard InChI is InChI=1S/C20H25FN4O2/c1-2-22-20(23-12-7-13-27-18-10-4-3-5-11-18)24-15-19(26)25-17-9-6-8-16(21)14-17/h3-6,8-11,14H,2,7,12-13,15H2,1H3,(H,25,26)(H2,22,23,24). The molecule has 0 saturated heterocycles. The van der Waals surface area contributed by atoms with Crippen LogP contribution in [-0.2, 0) is 4.79 Å². The molecule has 144 valence electrons. The molecule has 0 radical (unpaired) electrons. The number of anilines is 1. The molecule has 0 atom stereocenters. The van der Waals surface area contributed by atoms with Crippen LogP contribution in [0.3, 0.4) is 0 Å². The van der Waals surface area contributed by atoms with E-state index in [1.807, 2.05) is 37.3 Å². The molecule has 1 amide bonds. The van der Waals surface area contributed by atoms with Crippen LogP contribution in [-0.4, -0.2) is 38.1 Å². The van der Waals surface area contributed by atoms with E-state index in [4.69, 9.17) is 4.74 Å². The van der Waals surface area contributed by atoms with Crippen LogP contribution in [0.4, 0.5) is 10.1 Å². The Morgan fingerprint density at radius 2 is 1.93 bits per heavy atom. The van der Waals surface area contributed by atoms with Crippen molar-refractivity contribution in [3.8, 4) is 5.75 Å².